The molecule has 1 heterocycles. The average Bonchev–Trinajstić information content (AvgIpc) is 2.92. The highest BCUT2D eigenvalue weighted by atomic mass is 15.3. The summed E-state index contributed by atoms with van der Waals surface area (Å²) in [5, 5.41) is 14.3. The number of nitrogens with zero attached hydrogens (tertiary/aromatic N) is 3. The van der Waals surface area contributed by atoms with Crippen LogP contribution in [0, 0.1) is 0 Å². The molecular weight excluding hydrogens is 260 g/mol. The maximum absolute atomic E-state index is 4.18. The lowest BCUT2D eigenvalue weighted by Gasteiger charge is -2.21. The van der Waals surface area contributed by atoms with Crippen molar-refractivity contribution in [1.82, 2.24) is 20.1 Å². The Kier molecular flexibility index (Phi) is 3.71. The fourth-order valence-corrected chi connectivity index (χ4v) is 2.85. The van der Waals surface area contributed by atoms with Crippen LogP contribution in [0.1, 0.15) is 37.3 Å². The van der Waals surface area contributed by atoms with E-state index in [9.17, 15) is 0 Å². The van der Waals surface area contributed by atoms with E-state index in [0.29, 0.717) is 0 Å². The number of aryl methyl sites for hydroxylation is 1. The van der Waals surface area contributed by atoms with Gasteiger partial charge in [0.1, 0.15) is 12.2 Å². The molecule has 4 heteroatoms. The Morgan fingerprint density at radius 3 is 2.52 bits per heavy atom. The van der Waals surface area contributed by atoms with Gasteiger partial charge in [0.2, 0.25) is 0 Å². The van der Waals surface area contributed by atoms with Gasteiger partial charge in [0.05, 0.1) is 6.04 Å². The average molecular weight is 280 g/mol. The molecule has 0 bridgehead atoms. The number of rotatable bonds is 4. The van der Waals surface area contributed by atoms with E-state index in [1.54, 1.807) is 6.33 Å². The first-order valence-corrected chi connectivity index (χ1v) is 7.24. The lowest BCUT2D eigenvalue weighted by Crippen LogP contribution is -2.24. The summed E-state index contributed by atoms with van der Waals surface area (Å²) >= 11 is 0. The summed E-state index contributed by atoms with van der Waals surface area (Å²) in [6.45, 7) is 4.31. The van der Waals surface area contributed by atoms with Crippen LogP contribution in [0.4, 0.5) is 0 Å². The monoisotopic (exact) mass is 280 g/mol. The largest absolute Gasteiger partial charge is 0.319 e. The van der Waals surface area contributed by atoms with E-state index in [0.717, 1.165) is 5.82 Å². The highest BCUT2D eigenvalue weighted by Gasteiger charge is 2.16. The predicted molar refractivity (Wildman–Crippen MR) is 84.9 cm³/mol. The highest BCUT2D eigenvalue weighted by Crippen LogP contribution is 2.25. The van der Waals surface area contributed by atoms with Crippen molar-refractivity contribution >= 4 is 10.8 Å². The van der Waals surface area contributed by atoms with E-state index in [1.807, 2.05) is 11.6 Å². The highest BCUT2D eigenvalue weighted by molar-refractivity contribution is 5.86. The predicted octanol–water partition coefficient (Wildman–Crippen LogP) is 3.38. The number of hydrogen-bond acceptors (Lipinski definition) is 3. The van der Waals surface area contributed by atoms with Gasteiger partial charge in [-0.1, -0.05) is 42.5 Å². The van der Waals surface area contributed by atoms with Gasteiger partial charge in [-0.15, -0.1) is 10.2 Å². The summed E-state index contributed by atoms with van der Waals surface area (Å²) in [5.41, 5.74) is 1.31. The Morgan fingerprint density at radius 2 is 1.76 bits per heavy atom. The molecule has 2 aromatic carbocycles. The second-order valence-corrected chi connectivity index (χ2v) is 5.48. The van der Waals surface area contributed by atoms with Crippen LogP contribution >= 0.6 is 0 Å². The SMILES string of the molecule is CC(NC(C)c1nncn1C)c1cccc2ccccc12. The van der Waals surface area contributed by atoms with E-state index < -0.39 is 0 Å². The minimum Gasteiger partial charge on any atom is -0.319 e. The lowest BCUT2D eigenvalue weighted by molar-refractivity contribution is 0.468. The number of benzene rings is 2. The van der Waals surface area contributed by atoms with Gasteiger partial charge in [-0.3, -0.25) is 0 Å². The smallest absolute Gasteiger partial charge is 0.149 e. The van der Waals surface area contributed by atoms with Gasteiger partial charge in [0, 0.05) is 13.1 Å². The van der Waals surface area contributed by atoms with Crippen molar-refractivity contribution in [2.24, 2.45) is 7.05 Å². The van der Waals surface area contributed by atoms with Crippen LogP contribution in [0.5, 0.6) is 0 Å². The molecule has 0 aliphatic carbocycles. The van der Waals surface area contributed by atoms with Crippen LogP contribution in [0.3, 0.4) is 0 Å². The lowest BCUT2D eigenvalue weighted by atomic mass is 9.99. The van der Waals surface area contributed by atoms with Crippen molar-refractivity contribution < 1.29 is 0 Å². The van der Waals surface area contributed by atoms with E-state index in [4.69, 9.17) is 0 Å². The van der Waals surface area contributed by atoms with Crippen molar-refractivity contribution in [1.29, 1.82) is 0 Å². The third kappa shape index (κ3) is 2.67. The summed E-state index contributed by atoms with van der Waals surface area (Å²) in [7, 11) is 1.97. The molecule has 2 atom stereocenters. The zero-order chi connectivity index (χ0) is 14.8. The molecule has 108 valence electrons. The zero-order valence-electron chi connectivity index (χ0n) is 12.6. The van der Waals surface area contributed by atoms with E-state index in [-0.39, 0.29) is 12.1 Å². The molecule has 0 saturated carbocycles. The standard InChI is InChI=1S/C17H20N4/c1-12(19-13(2)17-20-18-11-21(17)3)15-10-6-8-14-7-4-5-9-16(14)15/h4-13,19H,1-3H3. The first kappa shape index (κ1) is 13.8. The normalized spacial score (nSPS) is 14.2. The molecule has 0 aliphatic heterocycles. The van der Waals surface area contributed by atoms with E-state index >= 15 is 0 Å². The Morgan fingerprint density at radius 1 is 1.00 bits per heavy atom. The van der Waals surface area contributed by atoms with Crippen molar-refractivity contribution in [3.05, 3.63) is 60.2 Å². The third-order valence-electron chi connectivity index (χ3n) is 3.92. The van der Waals surface area contributed by atoms with Crippen molar-refractivity contribution in [2.45, 2.75) is 25.9 Å². The summed E-state index contributed by atoms with van der Waals surface area (Å²) in [5.74, 6) is 0.946. The fourth-order valence-electron chi connectivity index (χ4n) is 2.85. The zero-order valence-corrected chi connectivity index (χ0v) is 12.6. The van der Waals surface area contributed by atoms with Crippen molar-refractivity contribution in [3.63, 3.8) is 0 Å². The molecule has 0 radical (unpaired) electrons. The molecule has 0 aliphatic rings. The van der Waals surface area contributed by atoms with Crippen molar-refractivity contribution in [3.8, 4) is 0 Å². The van der Waals surface area contributed by atoms with Gasteiger partial charge >= 0.3 is 0 Å². The summed E-state index contributed by atoms with van der Waals surface area (Å²) in [6.07, 6.45) is 1.73. The Balaban J connectivity index is 1.87. The molecule has 0 fully saturated rings. The molecule has 2 unspecified atom stereocenters. The van der Waals surface area contributed by atoms with Gasteiger partial charge in [-0.05, 0) is 30.2 Å². The topological polar surface area (TPSA) is 42.7 Å². The van der Waals surface area contributed by atoms with Gasteiger partial charge in [-0.25, -0.2) is 0 Å². The third-order valence-corrected chi connectivity index (χ3v) is 3.92. The molecule has 0 spiro atoms. The molecule has 0 amide bonds. The minimum atomic E-state index is 0.145. The molecule has 4 nitrogen and oxygen atoms in total. The Bertz CT molecular complexity index is 742. The minimum absolute atomic E-state index is 0.145. The molecule has 21 heavy (non-hydrogen) atoms. The van der Waals surface area contributed by atoms with Crippen LogP contribution in [-0.2, 0) is 7.05 Å². The molecule has 3 rings (SSSR count). The first-order chi connectivity index (χ1) is 10.2. The summed E-state index contributed by atoms with van der Waals surface area (Å²) in [4.78, 5) is 0. The van der Waals surface area contributed by atoms with Gasteiger partial charge in [-0.2, -0.15) is 0 Å². The summed E-state index contributed by atoms with van der Waals surface area (Å²) < 4.78 is 1.95. The quantitative estimate of drug-likeness (QED) is 0.796. The molecule has 1 N–H and O–H groups in total. The fraction of sp³-hybridized carbons (Fsp3) is 0.294. The Labute approximate surface area is 124 Å². The van der Waals surface area contributed by atoms with Crippen LogP contribution < -0.4 is 5.32 Å². The van der Waals surface area contributed by atoms with E-state index in [1.165, 1.54) is 16.3 Å². The molecule has 0 saturated heterocycles. The number of aromatic nitrogens is 3. The molecular formula is C17H20N4. The second-order valence-electron chi connectivity index (χ2n) is 5.48. The summed E-state index contributed by atoms with van der Waals surface area (Å²) in [6, 6.07) is 15.3. The van der Waals surface area contributed by atoms with Crippen molar-refractivity contribution in [2.75, 3.05) is 0 Å². The van der Waals surface area contributed by atoms with Crippen LogP contribution in [0.2, 0.25) is 0 Å². The van der Waals surface area contributed by atoms with Crippen LogP contribution in [0.15, 0.2) is 48.8 Å². The van der Waals surface area contributed by atoms with E-state index in [2.05, 4.69) is 71.8 Å². The van der Waals surface area contributed by atoms with Crippen LogP contribution in [-0.4, -0.2) is 14.8 Å². The maximum Gasteiger partial charge on any atom is 0.149 e. The number of fused-ring (bicyclic) bond motifs is 1. The van der Waals surface area contributed by atoms with Crippen LogP contribution in [0.25, 0.3) is 10.8 Å². The number of hydrogen-bond donors (Lipinski definition) is 1. The second kappa shape index (κ2) is 5.66. The number of nitrogens with one attached hydrogen (secondary N) is 1. The molecule has 1 aromatic heterocycles. The first-order valence-electron chi connectivity index (χ1n) is 7.24. The Hall–Kier alpha value is -2.20. The molecule has 3 aromatic rings. The van der Waals surface area contributed by atoms with Gasteiger partial charge in [0.15, 0.2) is 0 Å². The van der Waals surface area contributed by atoms with Gasteiger partial charge in [0.25, 0.3) is 0 Å². The maximum atomic E-state index is 4.18. The van der Waals surface area contributed by atoms with Gasteiger partial charge < -0.3 is 9.88 Å².